The van der Waals surface area contributed by atoms with Gasteiger partial charge in [0.2, 0.25) is 0 Å². The molecule has 8 heteroatoms. The zero-order valence-electron chi connectivity index (χ0n) is 14.9. The van der Waals surface area contributed by atoms with Gasteiger partial charge in [0.25, 0.3) is 5.56 Å². The summed E-state index contributed by atoms with van der Waals surface area (Å²) >= 11 is 6.09. The zero-order chi connectivity index (χ0) is 18.4. The zero-order valence-corrected chi connectivity index (χ0v) is 15.6. The van der Waals surface area contributed by atoms with E-state index in [0.717, 1.165) is 18.5 Å². The number of aromatic nitrogens is 3. The van der Waals surface area contributed by atoms with E-state index in [4.69, 9.17) is 16.3 Å². The van der Waals surface area contributed by atoms with Crippen LogP contribution in [0.3, 0.4) is 0 Å². The minimum atomic E-state index is -0.516. The van der Waals surface area contributed by atoms with Gasteiger partial charge in [-0.1, -0.05) is 11.6 Å². The lowest BCUT2D eigenvalue weighted by molar-refractivity contribution is 0.0102. The van der Waals surface area contributed by atoms with E-state index in [9.17, 15) is 9.59 Å². The molecule has 0 aliphatic carbocycles. The number of rotatable bonds is 1. The molecule has 7 nitrogen and oxygen atoms in total. The molecule has 1 amide bonds. The summed E-state index contributed by atoms with van der Waals surface area (Å²) in [5.41, 5.74) is 0.609. The number of halogens is 1. The maximum absolute atomic E-state index is 12.4. The molecule has 136 valence electrons. The van der Waals surface area contributed by atoms with Crippen molar-refractivity contribution in [2.24, 2.45) is 0 Å². The summed E-state index contributed by atoms with van der Waals surface area (Å²) in [6.07, 6.45) is 2.70. The van der Waals surface area contributed by atoms with Crippen LogP contribution in [0.25, 0.3) is 5.65 Å². The molecule has 1 N–H and O–H groups in total. The second-order valence-corrected chi connectivity index (χ2v) is 7.96. The van der Waals surface area contributed by atoms with Gasteiger partial charge in [0.15, 0.2) is 5.65 Å². The number of likely N-dealkylation sites (tertiary alicyclic amines) is 1. The van der Waals surface area contributed by atoms with Gasteiger partial charge in [-0.15, -0.1) is 0 Å². The number of hydrogen-bond acceptors (Lipinski definition) is 4. The van der Waals surface area contributed by atoms with Gasteiger partial charge in [-0.25, -0.2) is 9.31 Å². The van der Waals surface area contributed by atoms with Crippen LogP contribution in [0.15, 0.2) is 17.1 Å². The summed E-state index contributed by atoms with van der Waals surface area (Å²) in [5.74, 6) is 0.120. The number of ether oxygens (including phenoxy) is 1. The third-order valence-electron chi connectivity index (χ3n) is 4.41. The van der Waals surface area contributed by atoms with Crippen molar-refractivity contribution in [2.75, 3.05) is 6.54 Å². The second-order valence-electron chi connectivity index (χ2n) is 7.56. The second kappa shape index (κ2) is 6.37. The van der Waals surface area contributed by atoms with E-state index in [1.165, 1.54) is 6.20 Å². The summed E-state index contributed by atoms with van der Waals surface area (Å²) < 4.78 is 7.16. The lowest BCUT2D eigenvalue weighted by atomic mass is 9.89. The molecule has 1 aliphatic rings. The van der Waals surface area contributed by atoms with Crippen LogP contribution < -0.4 is 5.56 Å². The number of carbonyl (C=O) groups is 1. The average molecular weight is 367 g/mol. The highest BCUT2D eigenvalue weighted by Gasteiger charge is 2.33. The van der Waals surface area contributed by atoms with Crippen LogP contribution in [0.2, 0.25) is 5.02 Å². The Balaban J connectivity index is 1.82. The first-order valence-corrected chi connectivity index (χ1v) is 8.79. The van der Waals surface area contributed by atoms with Gasteiger partial charge >= 0.3 is 6.09 Å². The Hall–Kier alpha value is -2.02. The molecule has 2 aromatic heterocycles. The molecule has 1 aliphatic heterocycles. The minimum absolute atomic E-state index is 0.00831. The smallest absolute Gasteiger partial charge is 0.410 e. The Morgan fingerprint density at radius 1 is 1.44 bits per heavy atom. The van der Waals surface area contributed by atoms with Crippen molar-refractivity contribution in [3.05, 3.63) is 33.3 Å². The first-order valence-electron chi connectivity index (χ1n) is 8.42. The number of amides is 1. The van der Waals surface area contributed by atoms with Crippen LogP contribution in [-0.2, 0) is 4.74 Å². The summed E-state index contributed by atoms with van der Waals surface area (Å²) in [4.78, 5) is 28.8. The van der Waals surface area contributed by atoms with E-state index in [2.05, 4.69) is 10.1 Å². The fraction of sp³-hybridized carbons (Fsp3) is 0.588. The number of H-pyrrole nitrogens is 1. The molecule has 1 fully saturated rings. The van der Waals surface area contributed by atoms with Gasteiger partial charge in [-0.3, -0.25) is 4.79 Å². The summed E-state index contributed by atoms with van der Waals surface area (Å²) in [7, 11) is 0. The monoisotopic (exact) mass is 366 g/mol. The molecule has 0 aromatic carbocycles. The Bertz CT molecular complexity index is 852. The summed E-state index contributed by atoms with van der Waals surface area (Å²) in [6, 6.07) is 1.57. The van der Waals surface area contributed by atoms with E-state index in [0.29, 0.717) is 17.2 Å². The van der Waals surface area contributed by atoms with Gasteiger partial charge in [-0.2, -0.15) is 5.10 Å². The molecule has 0 spiro atoms. The highest BCUT2D eigenvalue weighted by Crippen LogP contribution is 2.32. The predicted octanol–water partition coefficient (Wildman–Crippen LogP) is 3.18. The molecule has 2 atom stereocenters. The highest BCUT2D eigenvalue weighted by atomic mass is 35.5. The molecule has 2 aromatic rings. The molecule has 3 rings (SSSR count). The average Bonchev–Trinajstić information content (AvgIpc) is 2.86. The van der Waals surface area contributed by atoms with Crippen molar-refractivity contribution >= 4 is 23.3 Å². The first-order chi connectivity index (χ1) is 11.7. The Morgan fingerprint density at radius 3 is 2.80 bits per heavy atom. The quantitative estimate of drug-likeness (QED) is 0.840. The molecule has 1 saturated heterocycles. The van der Waals surface area contributed by atoms with Crippen molar-refractivity contribution in [1.82, 2.24) is 19.5 Å². The lowest BCUT2D eigenvalue weighted by Gasteiger charge is -2.38. The van der Waals surface area contributed by atoms with Crippen molar-refractivity contribution in [3.8, 4) is 0 Å². The Kier molecular flexibility index (Phi) is 4.53. The van der Waals surface area contributed by atoms with Crippen LogP contribution in [0.4, 0.5) is 4.79 Å². The molecule has 3 heterocycles. The third-order valence-corrected chi connectivity index (χ3v) is 4.69. The van der Waals surface area contributed by atoms with Crippen LogP contribution >= 0.6 is 11.6 Å². The van der Waals surface area contributed by atoms with E-state index in [-0.39, 0.29) is 23.6 Å². The number of hydrogen-bond donors (Lipinski definition) is 1. The van der Waals surface area contributed by atoms with E-state index in [1.807, 2.05) is 27.7 Å². The number of fused-ring (bicyclic) bond motifs is 1. The molecule has 2 unspecified atom stereocenters. The van der Waals surface area contributed by atoms with Crippen LogP contribution in [-0.4, -0.2) is 43.8 Å². The largest absolute Gasteiger partial charge is 0.444 e. The predicted molar refractivity (Wildman–Crippen MR) is 95.2 cm³/mol. The first kappa shape index (κ1) is 17.8. The van der Waals surface area contributed by atoms with Gasteiger partial charge in [0.1, 0.15) is 10.6 Å². The van der Waals surface area contributed by atoms with Gasteiger partial charge in [0, 0.05) is 24.6 Å². The van der Waals surface area contributed by atoms with E-state index in [1.54, 1.807) is 15.5 Å². The van der Waals surface area contributed by atoms with Crippen molar-refractivity contribution in [2.45, 2.75) is 58.1 Å². The fourth-order valence-corrected chi connectivity index (χ4v) is 3.48. The molecular weight excluding hydrogens is 344 g/mol. The third kappa shape index (κ3) is 3.66. The summed E-state index contributed by atoms with van der Waals surface area (Å²) in [5, 5.41) is 4.69. The number of piperidine rings is 1. The normalized spacial score (nSPS) is 21.6. The Morgan fingerprint density at radius 2 is 2.16 bits per heavy atom. The number of carbonyl (C=O) groups excluding carboxylic acids is 1. The number of nitrogens with zero attached hydrogens (tertiary/aromatic N) is 3. The van der Waals surface area contributed by atoms with E-state index >= 15 is 0 Å². The molecule has 25 heavy (non-hydrogen) atoms. The minimum Gasteiger partial charge on any atom is -0.444 e. The van der Waals surface area contributed by atoms with Crippen LogP contribution in [0.5, 0.6) is 0 Å². The van der Waals surface area contributed by atoms with Crippen molar-refractivity contribution in [3.63, 3.8) is 0 Å². The van der Waals surface area contributed by atoms with Gasteiger partial charge < -0.3 is 14.6 Å². The van der Waals surface area contributed by atoms with E-state index < -0.39 is 5.60 Å². The molecule has 0 bridgehead atoms. The highest BCUT2D eigenvalue weighted by molar-refractivity contribution is 6.33. The molecule has 0 saturated carbocycles. The summed E-state index contributed by atoms with van der Waals surface area (Å²) in [6.45, 7) is 8.14. The maximum atomic E-state index is 12.4. The van der Waals surface area contributed by atoms with Crippen molar-refractivity contribution < 1.29 is 9.53 Å². The van der Waals surface area contributed by atoms with Crippen LogP contribution in [0.1, 0.15) is 52.1 Å². The van der Waals surface area contributed by atoms with Gasteiger partial charge in [0.05, 0.1) is 11.9 Å². The fourth-order valence-electron chi connectivity index (χ4n) is 3.31. The van der Waals surface area contributed by atoms with Crippen molar-refractivity contribution in [1.29, 1.82) is 0 Å². The standard InChI is InChI=1S/C17H23ClN4O3/c1-10-7-11(5-6-21(10)16(24)25-17(2,3)4)13-8-14(23)20-15-12(18)9-19-22(13)15/h8-11H,5-7H2,1-4H3,(H,20,23). The molecular formula is C17H23ClN4O3. The SMILES string of the molecule is CC1CC(c2cc(=O)[nH]c3c(Cl)cnn23)CCN1C(=O)OC(C)(C)C. The maximum Gasteiger partial charge on any atom is 0.410 e. The van der Waals surface area contributed by atoms with Gasteiger partial charge in [-0.05, 0) is 40.5 Å². The molecule has 0 radical (unpaired) electrons. The topological polar surface area (TPSA) is 79.7 Å². The van der Waals surface area contributed by atoms with Crippen LogP contribution in [0, 0.1) is 0 Å². The lowest BCUT2D eigenvalue weighted by Crippen LogP contribution is -2.46. The number of nitrogens with one attached hydrogen (secondary N) is 1. The number of aromatic amines is 1. The Labute approximate surface area is 150 Å².